The van der Waals surface area contributed by atoms with Gasteiger partial charge in [0, 0.05) is 30.8 Å². The molecule has 0 unspecified atom stereocenters. The lowest BCUT2D eigenvalue weighted by molar-refractivity contribution is -0.385. The van der Waals surface area contributed by atoms with E-state index in [4.69, 9.17) is 9.47 Å². The Hall–Kier alpha value is -3.13. The highest BCUT2D eigenvalue weighted by Crippen LogP contribution is 2.20. The first-order valence-electron chi connectivity index (χ1n) is 8.27. The highest BCUT2D eigenvalue weighted by Gasteiger charge is 2.19. The van der Waals surface area contributed by atoms with Crippen LogP contribution in [-0.4, -0.2) is 54.3 Å². The normalized spacial score (nSPS) is 11.6. The molecule has 0 aromatic heterocycles. The molecule has 0 spiro atoms. The van der Waals surface area contributed by atoms with Crippen molar-refractivity contribution >= 4 is 11.6 Å². The molecule has 8 nitrogen and oxygen atoms in total. The monoisotopic (exact) mass is 374 g/mol. The Morgan fingerprint density at radius 3 is 2.44 bits per heavy atom. The Morgan fingerprint density at radius 2 is 1.85 bits per heavy atom. The number of nitro benzene ring substituents is 1. The van der Waals surface area contributed by atoms with Crippen LogP contribution in [0.2, 0.25) is 0 Å². The van der Waals surface area contributed by atoms with Gasteiger partial charge in [0.25, 0.3) is 11.6 Å². The number of methoxy groups -OCH3 is 1. The highest BCUT2D eigenvalue weighted by molar-refractivity contribution is 5.94. The Morgan fingerprint density at radius 1 is 1.22 bits per heavy atom. The quantitative estimate of drug-likeness (QED) is 0.562. The summed E-state index contributed by atoms with van der Waals surface area (Å²) in [4.78, 5) is 24.2. The van der Waals surface area contributed by atoms with Crippen molar-refractivity contribution in [2.24, 2.45) is 0 Å². The average Bonchev–Trinajstić information content (AvgIpc) is 2.66. The maximum atomic E-state index is 12.4. The number of benzene rings is 2. The van der Waals surface area contributed by atoms with Crippen LogP contribution in [0.1, 0.15) is 15.9 Å². The summed E-state index contributed by atoms with van der Waals surface area (Å²) in [5.74, 6) is 0.847. The number of likely N-dealkylation sites (N-methyl/N-ethyl adjacent to an activating group) is 1. The number of aliphatic hydroxyl groups excluding tert-OH is 1. The fourth-order valence-electron chi connectivity index (χ4n) is 2.48. The SMILES string of the molecule is COc1ccc(OC[C@@H](O)CN(C)C(=O)c2ccc(C)c([N+](=O)[O-])c2)cc1. The number of hydrogen-bond acceptors (Lipinski definition) is 6. The summed E-state index contributed by atoms with van der Waals surface area (Å²) in [6.45, 7) is 1.63. The number of aliphatic hydroxyl groups is 1. The third kappa shape index (κ3) is 5.42. The van der Waals surface area contributed by atoms with Gasteiger partial charge in [-0.1, -0.05) is 6.07 Å². The second-order valence-electron chi connectivity index (χ2n) is 6.08. The first-order chi connectivity index (χ1) is 12.8. The predicted molar refractivity (Wildman–Crippen MR) is 99.3 cm³/mol. The molecule has 2 rings (SSSR count). The third-order valence-corrected chi connectivity index (χ3v) is 3.99. The molecule has 0 heterocycles. The van der Waals surface area contributed by atoms with Crippen molar-refractivity contribution in [2.45, 2.75) is 13.0 Å². The minimum absolute atomic E-state index is 0.00199. The maximum Gasteiger partial charge on any atom is 0.273 e. The molecule has 0 bridgehead atoms. The molecule has 27 heavy (non-hydrogen) atoms. The lowest BCUT2D eigenvalue weighted by Crippen LogP contribution is -2.37. The zero-order chi connectivity index (χ0) is 20.0. The first-order valence-corrected chi connectivity index (χ1v) is 8.27. The molecular weight excluding hydrogens is 352 g/mol. The van der Waals surface area contributed by atoms with Crippen LogP contribution in [0.25, 0.3) is 0 Å². The van der Waals surface area contributed by atoms with Gasteiger partial charge in [-0.15, -0.1) is 0 Å². The molecule has 1 atom stereocenters. The van der Waals surface area contributed by atoms with Gasteiger partial charge in [0.1, 0.15) is 24.2 Å². The Balaban J connectivity index is 1.93. The largest absolute Gasteiger partial charge is 0.497 e. The first kappa shape index (κ1) is 20.2. The lowest BCUT2D eigenvalue weighted by Gasteiger charge is -2.21. The van der Waals surface area contributed by atoms with Gasteiger partial charge in [-0.25, -0.2) is 0 Å². The van der Waals surface area contributed by atoms with Gasteiger partial charge in [-0.05, 0) is 37.3 Å². The second-order valence-corrected chi connectivity index (χ2v) is 6.08. The van der Waals surface area contributed by atoms with Crippen LogP contribution < -0.4 is 9.47 Å². The van der Waals surface area contributed by atoms with Crippen LogP contribution in [-0.2, 0) is 0 Å². The number of hydrogen-bond donors (Lipinski definition) is 1. The van der Waals surface area contributed by atoms with E-state index in [0.29, 0.717) is 17.1 Å². The van der Waals surface area contributed by atoms with E-state index in [-0.39, 0.29) is 24.4 Å². The number of amides is 1. The third-order valence-electron chi connectivity index (χ3n) is 3.99. The number of rotatable bonds is 8. The standard InChI is InChI=1S/C19H22N2O6/c1-13-4-5-14(10-18(13)21(24)25)19(23)20(2)11-15(22)12-27-17-8-6-16(26-3)7-9-17/h4-10,15,22H,11-12H2,1-3H3/t15-/m0/s1. The van der Waals surface area contributed by atoms with Crippen molar-refractivity contribution in [1.29, 1.82) is 0 Å². The number of ether oxygens (including phenoxy) is 2. The van der Waals surface area contributed by atoms with E-state index < -0.39 is 16.9 Å². The van der Waals surface area contributed by atoms with Gasteiger partial charge in [0.05, 0.1) is 12.0 Å². The van der Waals surface area contributed by atoms with Gasteiger partial charge in [0.2, 0.25) is 0 Å². The Bertz CT molecular complexity index is 806. The molecule has 0 saturated heterocycles. The van der Waals surface area contributed by atoms with E-state index in [1.54, 1.807) is 38.3 Å². The molecule has 2 aromatic carbocycles. The maximum absolute atomic E-state index is 12.4. The van der Waals surface area contributed by atoms with Crippen molar-refractivity contribution in [1.82, 2.24) is 4.90 Å². The van der Waals surface area contributed by atoms with Gasteiger partial charge < -0.3 is 19.5 Å². The predicted octanol–water partition coefficient (Wildman–Crippen LogP) is 2.42. The molecule has 1 N–H and O–H groups in total. The molecule has 2 aromatic rings. The summed E-state index contributed by atoms with van der Waals surface area (Å²) >= 11 is 0. The zero-order valence-electron chi connectivity index (χ0n) is 15.4. The molecule has 0 aliphatic rings. The van der Waals surface area contributed by atoms with Crippen LogP contribution in [0.5, 0.6) is 11.5 Å². The van der Waals surface area contributed by atoms with E-state index in [1.165, 1.54) is 30.1 Å². The molecule has 0 radical (unpaired) electrons. The summed E-state index contributed by atoms with van der Waals surface area (Å²) in [7, 11) is 3.08. The van der Waals surface area contributed by atoms with Gasteiger partial charge >= 0.3 is 0 Å². The summed E-state index contributed by atoms with van der Waals surface area (Å²) < 4.78 is 10.5. The summed E-state index contributed by atoms with van der Waals surface area (Å²) in [5.41, 5.74) is 0.558. The molecule has 0 aliphatic carbocycles. The molecule has 8 heteroatoms. The van der Waals surface area contributed by atoms with Crippen LogP contribution in [0, 0.1) is 17.0 Å². The van der Waals surface area contributed by atoms with E-state index >= 15 is 0 Å². The lowest BCUT2D eigenvalue weighted by atomic mass is 10.1. The van der Waals surface area contributed by atoms with Crippen molar-refractivity contribution in [3.63, 3.8) is 0 Å². The molecule has 0 fully saturated rings. The van der Waals surface area contributed by atoms with E-state index in [0.717, 1.165) is 0 Å². The van der Waals surface area contributed by atoms with Gasteiger partial charge in [-0.3, -0.25) is 14.9 Å². The molecule has 0 saturated carbocycles. The minimum Gasteiger partial charge on any atom is -0.497 e. The van der Waals surface area contributed by atoms with Crippen molar-refractivity contribution in [3.05, 3.63) is 63.7 Å². The highest BCUT2D eigenvalue weighted by atomic mass is 16.6. The van der Waals surface area contributed by atoms with Crippen molar-refractivity contribution in [3.8, 4) is 11.5 Å². The molecule has 0 aliphatic heterocycles. The number of aryl methyl sites for hydroxylation is 1. The van der Waals surface area contributed by atoms with Crippen LogP contribution in [0.4, 0.5) is 5.69 Å². The van der Waals surface area contributed by atoms with Crippen LogP contribution in [0.3, 0.4) is 0 Å². The Kier molecular flexibility index (Phi) is 6.73. The molecule has 144 valence electrons. The number of nitrogens with zero attached hydrogens (tertiary/aromatic N) is 2. The smallest absolute Gasteiger partial charge is 0.273 e. The van der Waals surface area contributed by atoms with E-state index in [2.05, 4.69) is 0 Å². The molecule has 1 amide bonds. The second kappa shape index (κ2) is 9.00. The number of carbonyl (C=O) groups excluding carboxylic acids is 1. The summed E-state index contributed by atoms with van der Waals surface area (Å²) in [5, 5.41) is 21.1. The van der Waals surface area contributed by atoms with E-state index in [1.807, 2.05) is 0 Å². The van der Waals surface area contributed by atoms with Crippen LogP contribution >= 0.6 is 0 Å². The summed E-state index contributed by atoms with van der Waals surface area (Å²) in [6, 6.07) is 11.2. The van der Waals surface area contributed by atoms with Crippen molar-refractivity contribution in [2.75, 3.05) is 27.3 Å². The van der Waals surface area contributed by atoms with Crippen LogP contribution in [0.15, 0.2) is 42.5 Å². The topological polar surface area (TPSA) is 102 Å². The molecular formula is C19H22N2O6. The minimum atomic E-state index is -0.915. The van der Waals surface area contributed by atoms with E-state index in [9.17, 15) is 20.0 Å². The fourth-order valence-corrected chi connectivity index (χ4v) is 2.48. The fraction of sp³-hybridized carbons (Fsp3) is 0.316. The van der Waals surface area contributed by atoms with Gasteiger partial charge in [0.15, 0.2) is 0 Å². The average molecular weight is 374 g/mol. The number of nitro groups is 1. The van der Waals surface area contributed by atoms with Gasteiger partial charge in [-0.2, -0.15) is 0 Å². The van der Waals surface area contributed by atoms with Crippen molar-refractivity contribution < 1.29 is 24.3 Å². The summed E-state index contributed by atoms with van der Waals surface area (Å²) in [6.07, 6.45) is -0.915. The number of carbonyl (C=O) groups is 1. The Labute approximate surface area is 157 Å². The zero-order valence-corrected chi connectivity index (χ0v) is 15.4.